The number of para-hydroxylation sites is 1. The van der Waals surface area contributed by atoms with Gasteiger partial charge in [0.2, 0.25) is 0 Å². The van der Waals surface area contributed by atoms with Gasteiger partial charge in [-0.05, 0) is 43.2 Å². The highest BCUT2D eigenvalue weighted by atomic mass is 16.5. The molecule has 1 N–H and O–H groups in total. The molecule has 8 heteroatoms. The Labute approximate surface area is 197 Å². The largest absolute Gasteiger partial charge is 0.507 e. The van der Waals surface area contributed by atoms with Crippen LogP contribution in [-0.2, 0) is 31.1 Å². The van der Waals surface area contributed by atoms with Crippen LogP contribution < -0.4 is 9.64 Å². The highest BCUT2D eigenvalue weighted by Gasteiger charge is 2.66. The van der Waals surface area contributed by atoms with Gasteiger partial charge in [0.05, 0.1) is 5.57 Å². The van der Waals surface area contributed by atoms with Crippen molar-refractivity contribution >= 4 is 29.0 Å². The molecule has 0 saturated carbocycles. The van der Waals surface area contributed by atoms with E-state index in [4.69, 9.17) is 9.47 Å². The molecule has 2 amide bonds. The first-order valence-electron chi connectivity index (χ1n) is 11.3. The van der Waals surface area contributed by atoms with E-state index >= 15 is 0 Å². The third-order valence-electron chi connectivity index (χ3n) is 6.84. The summed E-state index contributed by atoms with van der Waals surface area (Å²) in [7, 11) is 3.16. The number of likely N-dealkylation sites (tertiary alicyclic amines) is 1. The number of ether oxygens (including phenoxy) is 2. The SMILES string of the molecule is COCCCN1C(=O)C(=O)/C(=C(\O)c2ccc3c(c2)CC(C)O3)C12C(=O)N(C)c1ccccc12. The molecule has 0 aliphatic carbocycles. The van der Waals surface area contributed by atoms with Crippen molar-refractivity contribution in [1.29, 1.82) is 0 Å². The van der Waals surface area contributed by atoms with Crippen LogP contribution >= 0.6 is 0 Å². The van der Waals surface area contributed by atoms with E-state index in [2.05, 4.69) is 0 Å². The van der Waals surface area contributed by atoms with Crippen LogP contribution in [0.4, 0.5) is 5.69 Å². The van der Waals surface area contributed by atoms with Gasteiger partial charge in [0.15, 0.2) is 5.54 Å². The maximum absolute atomic E-state index is 13.9. The number of hydrogen-bond donors (Lipinski definition) is 1. The lowest BCUT2D eigenvalue weighted by atomic mass is 9.81. The minimum Gasteiger partial charge on any atom is -0.507 e. The quantitative estimate of drug-likeness (QED) is 0.318. The van der Waals surface area contributed by atoms with Gasteiger partial charge in [-0.2, -0.15) is 0 Å². The van der Waals surface area contributed by atoms with E-state index in [0.717, 1.165) is 11.3 Å². The molecular weight excluding hydrogens is 436 g/mol. The zero-order valence-corrected chi connectivity index (χ0v) is 19.3. The molecule has 3 aliphatic rings. The molecule has 0 radical (unpaired) electrons. The van der Waals surface area contributed by atoms with Gasteiger partial charge in [0.25, 0.3) is 17.6 Å². The van der Waals surface area contributed by atoms with E-state index in [-0.39, 0.29) is 24.0 Å². The highest BCUT2D eigenvalue weighted by molar-refractivity contribution is 6.50. The number of anilines is 1. The molecule has 2 atom stereocenters. The molecule has 1 saturated heterocycles. The molecule has 5 rings (SSSR count). The van der Waals surface area contributed by atoms with Crippen molar-refractivity contribution in [2.75, 3.05) is 32.2 Å². The van der Waals surface area contributed by atoms with Gasteiger partial charge in [0.1, 0.15) is 17.6 Å². The summed E-state index contributed by atoms with van der Waals surface area (Å²) >= 11 is 0. The number of methoxy groups -OCH3 is 1. The Bertz CT molecular complexity index is 1250. The number of amides is 2. The van der Waals surface area contributed by atoms with Crippen molar-refractivity contribution in [3.05, 3.63) is 64.7 Å². The monoisotopic (exact) mass is 462 g/mol. The summed E-state index contributed by atoms with van der Waals surface area (Å²) in [5.74, 6) is -1.79. The van der Waals surface area contributed by atoms with Crippen molar-refractivity contribution in [1.82, 2.24) is 4.90 Å². The van der Waals surface area contributed by atoms with Crippen LogP contribution in [0.5, 0.6) is 5.75 Å². The fraction of sp³-hybridized carbons (Fsp3) is 0.346. The summed E-state index contributed by atoms with van der Waals surface area (Å²) in [4.78, 5) is 43.4. The van der Waals surface area contributed by atoms with E-state index in [0.29, 0.717) is 36.3 Å². The van der Waals surface area contributed by atoms with E-state index in [1.807, 2.05) is 6.92 Å². The molecule has 0 bridgehead atoms. The summed E-state index contributed by atoms with van der Waals surface area (Å²) in [6, 6.07) is 12.2. The number of carbonyl (C=O) groups excluding carboxylic acids is 3. The predicted octanol–water partition coefficient (Wildman–Crippen LogP) is 2.60. The summed E-state index contributed by atoms with van der Waals surface area (Å²) < 4.78 is 10.9. The van der Waals surface area contributed by atoms with Crippen LogP contribution in [0.3, 0.4) is 0 Å². The Hall–Kier alpha value is -3.65. The molecule has 2 unspecified atom stereocenters. The van der Waals surface area contributed by atoms with Crippen molar-refractivity contribution in [2.45, 2.75) is 31.4 Å². The van der Waals surface area contributed by atoms with E-state index < -0.39 is 23.1 Å². The number of Topliss-reactive ketones (excluding diaryl/α,β-unsaturated/α-hetero) is 1. The van der Waals surface area contributed by atoms with Gasteiger partial charge in [-0.15, -0.1) is 0 Å². The molecule has 3 aliphatic heterocycles. The lowest BCUT2D eigenvalue weighted by molar-refractivity contribution is -0.143. The number of aliphatic hydroxyl groups excluding tert-OH is 1. The summed E-state index contributed by atoms with van der Waals surface area (Å²) in [6.07, 6.45) is 1.10. The number of carbonyl (C=O) groups is 3. The first-order valence-corrected chi connectivity index (χ1v) is 11.3. The zero-order chi connectivity index (χ0) is 24.2. The topological polar surface area (TPSA) is 96.4 Å². The molecule has 2 aromatic rings. The van der Waals surface area contributed by atoms with Crippen LogP contribution in [0.2, 0.25) is 0 Å². The van der Waals surface area contributed by atoms with Gasteiger partial charge in [-0.25, -0.2) is 0 Å². The second-order valence-electron chi connectivity index (χ2n) is 8.90. The Morgan fingerprint density at radius 3 is 2.74 bits per heavy atom. The number of ketones is 1. The average molecular weight is 463 g/mol. The Morgan fingerprint density at radius 1 is 1.21 bits per heavy atom. The second kappa shape index (κ2) is 7.99. The minimum absolute atomic E-state index is 0.00860. The van der Waals surface area contributed by atoms with Crippen molar-refractivity contribution in [2.24, 2.45) is 0 Å². The normalized spacial score (nSPS) is 24.7. The number of hydrogen-bond acceptors (Lipinski definition) is 6. The van der Waals surface area contributed by atoms with Crippen LogP contribution in [0, 0.1) is 0 Å². The van der Waals surface area contributed by atoms with Gasteiger partial charge in [-0.1, -0.05) is 18.2 Å². The standard InChI is InChI=1S/C26H26N2O6/c1-15-13-17-14-16(9-10-20(17)34-15)22(29)21-23(30)24(31)28(11-6-12-33-3)26(21)18-7-4-5-8-19(18)27(2)25(26)32/h4-5,7-10,14-15,29H,6,11-13H2,1-3H3/b22-21+. The van der Waals surface area contributed by atoms with Crippen molar-refractivity contribution < 1.29 is 29.0 Å². The van der Waals surface area contributed by atoms with Crippen LogP contribution in [0.25, 0.3) is 5.76 Å². The van der Waals surface area contributed by atoms with Crippen LogP contribution in [-0.4, -0.2) is 61.0 Å². The number of rotatable bonds is 5. The lowest BCUT2D eigenvalue weighted by Gasteiger charge is -2.34. The molecule has 1 fully saturated rings. The first kappa shape index (κ1) is 22.2. The molecule has 2 aromatic carbocycles. The fourth-order valence-corrected chi connectivity index (χ4v) is 5.35. The smallest absolute Gasteiger partial charge is 0.296 e. The number of nitrogens with zero attached hydrogens (tertiary/aromatic N) is 2. The zero-order valence-electron chi connectivity index (χ0n) is 19.3. The van der Waals surface area contributed by atoms with E-state index in [9.17, 15) is 19.5 Å². The Kier molecular flexibility index (Phi) is 5.20. The Balaban J connectivity index is 1.75. The van der Waals surface area contributed by atoms with Gasteiger partial charge >= 0.3 is 0 Å². The summed E-state index contributed by atoms with van der Waals surface area (Å²) in [5, 5.41) is 11.5. The van der Waals surface area contributed by atoms with Crippen LogP contribution in [0.1, 0.15) is 30.0 Å². The maximum Gasteiger partial charge on any atom is 0.296 e. The summed E-state index contributed by atoms with van der Waals surface area (Å²) in [5.41, 5.74) is 0.413. The molecule has 8 nitrogen and oxygen atoms in total. The van der Waals surface area contributed by atoms with Crippen LogP contribution in [0.15, 0.2) is 48.0 Å². The average Bonchev–Trinajstić information content (AvgIpc) is 3.39. The molecule has 3 heterocycles. The number of fused-ring (bicyclic) bond motifs is 3. The lowest BCUT2D eigenvalue weighted by Crippen LogP contribution is -2.51. The molecular formula is C26H26N2O6. The number of likely N-dealkylation sites (N-methyl/N-ethyl adjacent to an activating group) is 1. The maximum atomic E-state index is 13.9. The van der Waals surface area contributed by atoms with Crippen molar-refractivity contribution in [3.8, 4) is 5.75 Å². The van der Waals surface area contributed by atoms with Gasteiger partial charge < -0.3 is 24.4 Å². The third kappa shape index (κ3) is 2.91. The molecule has 176 valence electrons. The molecule has 1 spiro atoms. The van der Waals surface area contributed by atoms with Gasteiger partial charge in [0, 0.05) is 50.5 Å². The van der Waals surface area contributed by atoms with E-state index in [1.54, 1.807) is 56.6 Å². The third-order valence-corrected chi connectivity index (χ3v) is 6.84. The number of aliphatic hydroxyl groups is 1. The molecule has 0 aromatic heterocycles. The Morgan fingerprint density at radius 2 is 1.97 bits per heavy atom. The minimum atomic E-state index is -1.74. The molecule has 34 heavy (non-hydrogen) atoms. The van der Waals surface area contributed by atoms with E-state index in [1.165, 1.54) is 9.80 Å². The predicted molar refractivity (Wildman–Crippen MR) is 125 cm³/mol. The van der Waals surface area contributed by atoms with Crippen molar-refractivity contribution in [3.63, 3.8) is 0 Å². The first-order chi connectivity index (χ1) is 16.3. The highest BCUT2D eigenvalue weighted by Crippen LogP contribution is 2.53. The number of benzene rings is 2. The van der Waals surface area contributed by atoms with Gasteiger partial charge in [-0.3, -0.25) is 14.4 Å². The summed E-state index contributed by atoms with van der Waals surface area (Å²) in [6.45, 7) is 2.43. The fourth-order valence-electron chi connectivity index (χ4n) is 5.35. The second-order valence-corrected chi connectivity index (χ2v) is 8.90.